The first kappa shape index (κ1) is 22.1. The summed E-state index contributed by atoms with van der Waals surface area (Å²) in [7, 11) is 0. The number of ether oxygens (including phenoxy) is 1. The molecule has 4 rings (SSSR count). The van der Waals surface area contributed by atoms with Gasteiger partial charge in [-0.25, -0.2) is 0 Å². The van der Waals surface area contributed by atoms with Gasteiger partial charge in [-0.3, -0.25) is 9.69 Å². The molecular weight excluding hydrogens is 406 g/mol. The number of aromatic nitrogens is 3. The molecular formula is C24H31N5O3. The first-order valence-corrected chi connectivity index (χ1v) is 11.2. The number of furan rings is 1. The van der Waals surface area contributed by atoms with Gasteiger partial charge in [0, 0.05) is 38.2 Å². The number of carbonyl (C=O) groups is 1. The van der Waals surface area contributed by atoms with Crippen LogP contribution in [0.25, 0.3) is 0 Å². The lowest BCUT2D eigenvalue weighted by molar-refractivity contribution is 0.0921. The largest absolute Gasteiger partial charge is 0.494 e. The van der Waals surface area contributed by atoms with E-state index >= 15 is 0 Å². The number of carbonyl (C=O) groups excluding carboxylic acids is 1. The monoisotopic (exact) mass is 437 g/mol. The van der Waals surface area contributed by atoms with E-state index in [-0.39, 0.29) is 17.9 Å². The molecule has 32 heavy (non-hydrogen) atoms. The highest BCUT2D eigenvalue weighted by molar-refractivity contribution is 5.94. The molecule has 0 unspecified atom stereocenters. The van der Waals surface area contributed by atoms with Gasteiger partial charge in [0.25, 0.3) is 5.91 Å². The quantitative estimate of drug-likeness (QED) is 0.581. The standard InChI is InChI=1S/C24H31N5O3/c1-4-32-20-8-6-5-7-18(20)15-28-11-9-21-26-27-23(29(21)13-12-28)22(17(2)3)25-24(30)19-10-14-31-16-19/h5-8,10,14,16-17,22H,4,9,11-13,15H2,1-3H3,(H,25,30)/t22-/m1/s1. The molecule has 1 amide bonds. The van der Waals surface area contributed by atoms with Crippen LogP contribution in [0.5, 0.6) is 5.75 Å². The maximum atomic E-state index is 12.6. The smallest absolute Gasteiger partial charge is 0.255 e. The molecule has 0 aliphatic carbocycles. The van der Waals surface area contributed by atoms with Gasteiger partial charge in [-0.2, -0.15) is 0 Å². The zero-order valence-electron chi connectivity index (χ0n) is 19.0. The van der Waals surface area contributed by atoms with Crippen molar-refractivity contribution < 1.29 is 13.9 Å². The van der Waals surface area contributed by atoms with Gasteiger partial charge in [0.2, 0.25) is 0 Å². The molecule has 1 aliphatic heterocycles. The number of hydrogen-bond donors (Lipinski definition) is 1. The minimum atomic E-state index is -0.233. The molecule has 170 valence electrons. The molecule has 0 fully saturated rings. The van der Waals surface area contributed by atoms with Crippen LogP contribution in [0.4, 0.5) is 0 Å². The summed E-state index contributed by atoms with van der Waals surface area (Å²) < 4.78 is 13.0. The minimum absolute atomic E-state index is 0.163. The molecule has 8 nitrogen and oxygen atoms in total. The van der Waals surface area contributed by atoms with Gasteiger partial charge in [0.15, 0.2) is 5.82 Å². The second-order valence-corrected chi connectivity index (χ2v) is 8.40. The summed E-state index contributed by atoms with van der Waals surface area (Å²) in [6, 6.07) is 9.65. The van der Waals surface area contributed by atoms with Crippen molar-refractivity contribution in [1.29, 1.82) is 0 Å². The van der Waals surface area contributed by atoms with Crippen LogP contribution in [0, 0.1) is 5.92 Å². The lowest BCUT2D eigenvalue weighted by Crippen LogP contribution is -2.34. The summed E-state index contributed by atoms with van der Waals surface area (Å²) in [6.07, 6.45) is 3.76. The number of amides is 1. The molecule has 0 bridgehead atoms. The number of hydrogen-bond acceptors (Lipinski definition) is 6. The first-order valence-electron chi connectivity index (χ1n) is 11.2. The van der Waals surface area contributed by atoms with Crippen LogP contribution in [0.2, 0.25) is 0 Å². The van der Waals surface area contributed by atoms with Crippen molar-refractivity contribution in [2.45, 2.75) is 46.3 Å². The number of benzene rings is 1. The Hall–Kier alpha value is -3.13. The van der Waals surface area contributed by atoms with Gasteiger partial charge in [-0.15, -0.1) is 10.2 Å². The van der Waals surface area contributed by atoms with Crippen molar-refractivity contribution in [3.63, 3.8) is 0 Å². The van der Waals surface area contributed by atoms with Gasteiger partial charge in [-0.1, -0.05) is 32.0 Å². The van der Waals surface area contributed by atoms with Gasteiger partial charge in [-0.05, 0) is 25.0 Å². The van der Waals surface area contributed by atoms with Crippen LogP contribution >= 0.6 is 0 Å². The van der Waals surface area contributed by atoms with Crippen LogP contribution in [-0.2, 0) is 19.5 Å². The molecule has 0 radical (unpaired) electrons. The Labute approximate surface area is 188 Å². The summed E-state index contributed by atoms with van der Waals surface area (Å²) in [5.74, 6) is 2.71. The molecule has 1 aliphatic rings. The molecule has 8 heteroatoms. The van der Waals surface area contributed by atoms with Crippen molar-refractivity contribution in [2.24, 2.45) is 5.92 Å². The summed E-state index contributed by atoms with van der Waals surface area (Å²) in [5.41, 5.74) is 1.70. The Bertz CT molecular complexity index is 1030. The van der Waals surface area contributed by atoms with E-state index in [1.807, 2.05) is 19.1 Å². The van der Waals surface area contributed by atoms with Gasteiger partial charge >= 0.3 is 0 Å². The molecule has 0 saturated heterocycles. The fourth-order valence-electron chi connectivity index (χ4n) is 4.10. The number of para-hydroxylation sites is 1. The minimum Gasteiger partial charge on any atom is -0.494 e. The average Bonchev–Trinajstić information content (AvgIpc) is 3.41. The van der Waals surface area contributed by atoms with Crippen molar-refractivity contribution >= 4 is 5.91 Å². The van der Waals surface area contributed by atoms with Crippen molar-refractivity contribution in [2.75, 3.05) is 19.7 Å². The molecule has 3 heterocycles. The third-order valence-electron chi connectivity index (χ3n) is 5.83. The molecule has 1 N–H and O–H groups in total. The summed E-state index contributed by atoms with van der Waals surface area (Å²) in [6.45, 7) is 10.2. The molecule has 0 spiro atoms. The van der Waals surface area contributed by atoms with E-state index < -0.39 is 0 Å². The highest BCUT2D eigenvalue weighted by Crippen LogP contribution is 2.25. The van der Waals surface area contributed by atoms with Crippen LogP contribution in [0.15, 0.2) is 47.3 Å². The van der Waals surface area contributed by atoms with Crippen molar-refractivity contribution in [1.82, 2.24) is 25.0 Å². The fourth-order valence-corrected chi connectivity index (χ4v) is 4.10. The SMILES string of the molecule is CCOc1ccccc1CN1CCc2nnc([C@H](NC(=O)c3ccoc3)C(C)C)n2CC1. The van der Waals surface area contributed by atoms with E-state index in [1.165, 1.54) is 18.1 Å². The zero-order chi connectivity index (χ0) is 22.5. The molecule has 3 aromatic rings. The summed E-state index contributed by atoms with van der Waals surface area (Å²) in [5, 5.41) is 12.1. The third-order valence-corrected chi connectivity index (χ3v) is 5.83. The lowest BCUT2D eigenvalue weighted by Gasteiger charge is -2.23. The number of fused-ring (bicyclic) bond motifs is 1. The highest BCUT2D eigenvalue weighted by Gasteiger charge is 2.28. The van der Waals surface area contributed by atoms with Crippen molar-refractivity contribution in [3.05, 3.63) is 65.6 Å². The third kappa shape index (κ3) is 4.85. The first-order chi connectivity index (χ1) is 15.6. The maximum absolute atomic E-state index is 12.6. The molecule has 0 saturated carbocycles. The Morgan fingerprint density at radius 1 is 1.19 bits per heavy atom. The number of nitrogens with zero attached hydrogens (tertiary/aromatic N) is 4. The van der Waals surface area contributed by atoms with E-state index in [4.69, 9.17) is 9.15 Å². The van der Waals surface area contributed by atoms with E-state index in [2.05, 4.69) is 51.0 Å². The lowest BCUT2D eigenvalue weighted by atomic mass is 10.0. The highest BCUT2D eigenvalue weighted by atomic mass is 16.5. The fraction of sp³-hybridized carbons (Fsp3) is 0.458. The van der Waals surface area contributed by atoms with Gasteiger partial charge < -0.3 is 19.0 Å². The predicted molar refractivity (Wildman–Crippen MR) is 120 cm³/mol. The van der Waals surface area contributed by atoms with E-state index in [1.54, 1.807) is 6.07 Å². The Balaban J connectivity index is 1.48. The van der Waals surface area contributed by atoms with Crippen LogP contribution in [-0.4, -0.2) is 45.3 Å². The van der Waals surface area contributed by atoms with E-state index in [0.29, 0.717) is 12.2 Å². The Morgan fingerprint density at radius 3 is 2.78 bits per heavy atom. The van der Waals surface area contributed by atoms with Crippen LogP contribution in [0.3, 0.4) is 0 Å². The normalized spacial score (nSPS) is 15.2. The molecule has 1 atom stereocenters. The number of nitrogens with one attached hydrogen (secondary N) is 1. The van der Waals surface area contributed by atoms with Gasteiger partial charge in [0.1, 0.15) is 17.8 Å². The van der Waals surface area contributed by atoms with Crippen LogP contribution in [0.1, 0.15) is 54.4 Å². The second kappa shape index (κ2) is 9.99. The predicted octanol–water partition coefficient (Wildman–Crippen LogP) is 3.46. The topological polar surface area (TPSA) is 85.4 Å². The van der Waals surface area contributed by atoms with E-state index in [9.17, 15) is 4.79 Å². The average molecular weight is 438 g/mol. The Morgan fingerprint density at radius 2 is 2.03 bits per heavy atom. The molecule has 2 aromatic heterocycles. The van der Waals surface area contributed by atoms with Gasteiger partial charge in [0.05, 0.1) is 24.5 Å². The number of rotatable bonds is 8. The summed E-state index contributed by atoms with van der Waals surface area (Å²) >= 11 is 0. The summed E-state index contributed by atoms with van der Waals surface area (Å²) in [4.78, 5) is 15.1. The zero-order valence-corrected chi connectivity index (χ0v) is 19.0. The Kier molecular flexibility index (Phi) is 6.90. The maximum Gasteiger partial charge on any atom is 0.255 e. The second-order valence-electron chi connectivity index (χ2n) is 8.40. The van der Waals surface area contributed by atoms with E-state index in [0.717, 1.165) is 50.0 Å². The van der Waals surface area contributed by atoms with Crippen LogP contribution < -0.4 is 10.1 Å². The molecule has 1 aromatic carbocycles. The van der Waals surface area contributed by atoms with Crippen molar-refractivity contribution in [3.8, 4) is 5.75 Å².